The Morgan fingerprint density at radius 1 is 1.33 bits per heavy atom. The lowest BCUT2D eigenvalue weighted by Crippen LogP contribution is -2.19. The molecular weight excluding hydrogens is 224 g/mol. The molecule has 0 saturated heterocycles. The van der Waals surface area contributed by atoms with Crippen LogP contribution in [0.4, 0.5) is 0 Å². The van der Waals surface area contributed by atoms with Crippen LogP contribution < -0.4 is 5.32 Å². The fourth-order valence-electron chi connectivity index (χ4n) is 1.79. The van der Waals surface area contributed by atoms with E-state index < -0.39 is 0 Å². The van der Waals surface area contributed by atoms with Crippen molar-refractivity contribution in [1.82, 2.24) is 9.88 Å². The van der Waals surface area contributed by atoms with Crippen molar-refractivity contribution in [1.29, 1.82) is 0 Å². The topological polar surface area (TPSA) is 26.2 Å². The van der Waals surface area contributed by atoms with Crippen LogP contribution in [0.25, 0.3) is 0 Å². The Kier molecular flexibility index (Phi) is 7.78. The highest BCUT2D eigenvalue weighted by Gasteiger charge is 1.97. The van der Waals surface area contributed by atoms with E-state index in [4.69, 9.17) is 4.74 Å². The molecule has 18 heavy (non-hydrogen) atoms. The van der Waals surface area contributed by atoms with E-state index in [1.54, 1.807) is 0 Å². The number of hydrogen-bond acceptors (Lipinski definition) is 2. The van der Waals surface area contributed by atoms with E-state index in [0.717, 1.165) is 45.2 Å². The lowest BCUT2D eigenvalue weighted by atomic mass is 10.1. The van der Waals surface area contributed by atoms with Gasteiger partial charge >= 0.3 is 0 Å². The van der Waals surface area contributed by atoms with Gasteiger partial charge in [-0.3, -0.25) is 0 Å². The van der Waals surface area contributed by atoms with Crippen molar-refractivity contribution in [2.45, 2.75) is 46.7 Å². The minimum absolute atomic E-state index is 0.733. The molecule has 0 aliphatic rings. The second kappa shape index (κ2) is 9.17. The molecule has 0 amide bonds. The minimum Gasteiger partial charge on any atom is -0.380 e. The van der Waals surface area contributed by atoms with Gasteiger partial charge in [0.15, 0.2) is 0 Å². The summed E-state index contributed by atoms with van der Waals surface area (Å²) >= 11 is 0. The Balaban J connectivity index is 2.00. The van der Waals surface area contributed by atoms with Crippen LogP contribution in [0, 0.1) is 5.92 Å². The second-order valence-electron chi connectivity index (χ2n) is 5.23. The largest absolute Gasteiger partial charge is 0.380 e. The molecular formula is C15H28N2O. The van der Waals surface area contributed by atoms with Crippen LogP contribution in [0.2, 0.25) is 0 Å². The number of rotatable bonds is 10. The van der Waals surface area contributed by atoms with Crippen LogP contribution in [0.1, 0.15) is 39.2 Å². The van der Waals surface area contributed by atoms with Crippen LogP contribution in [-0.2, 0) is 17.8 Å². The van der Waals surface area contributed by atoms with Crippen molar-refractivity contribution in [2.24, 2.45) is 5.92 Å². The van der Waals surface area contributed by atoms with Crippen molar-refractivity contribution in [3.8, 4) is 0 Å². The number of ether oxygens (including phenoxy) is 1. The van der Waals surface area contributed by atoms with Gasteiger partial charge in [0.05, 0.1) is 6.61 Å². The second-order valence-corrected chi connectivity index (χ2v) is 5.23. The van der Waals surface area contributed by atoms with Crippen LogP contribution in [0.15, 0.2) is 18.5 Å². The summed E-state index contributed by atoms with van der Waals surface area (Å²) in [5, 5.41) is 3.41. The third-order valence-corrected chi connectivity index (χ3v) is 2.89. The normalized spacial score (nSPS) is 11.3. The van der Waals surface area contributed by atoms with Gasteiger partial charge in [-0.15, -0.1) is 0 Å². The molecule has 0 aliphatic carbocycles. The highest BCUT2D eigenvalue weighted by atomic mass is 16.5. The molecule has 1 heterocycles. The molecule has 3 nitrogen and oxygen atoms in total. The highest BCUT2D eigenvalue weighted by molar-refractivity contribution is 5.09. The van der Waals surface area contributed by atoms with Crippen LogP contribution in [0.5, 0.6) is 0 Å². The predicted molar refractivity (Wildman–Crippen MR) is 76.7 cm³/mol. The molecule has 1 N–H and O–H groups in total. The van der Waals surface area contributed by atoms with Crippen LogP contribution in [-0.4, -0.2) is 24.3 Å². The highest BCUT2D eigenvalue weighted by Crippen LogP contribution is 2.02. The predicted octanol–water partition coefficient (Wildman–Crippen LogP) is 3.05. The Hall–Kier alpha value is -0.800. The smallest absolute Gasteiger partial charge is 0.0591 e. The molecule has 0 fully saturated rings. The Morgan fingerprint density at radius 3 is 2.89 bits per heavy atom. The van der Waals surface area contributed by atoms with E-state index in [9.17, 15) is 0 Å². The average molecular weight is 252 g/mol. The number of nitrogens with one attached hydrogen (secondary N) is 1. The summed E-state index contributed by atoms with van der Waals surface area (Å²) in [5.74, 6) is 0.733. The SMILES string of the molecule is CCCn1ccc(CNCCOCCC(C)C)c1. The first-order valence-electron chi connectivity index (χ1n) is 7.15. The zero-order valence-electron chi connectivity index (χ0n) is 12.1. The van der Waals surface area contributed by atoms with E-state index in [0.29, 0.717) is 0 Å². The zero-order chi connectivity index (χ0) is 13.2. The molecule has 0 atom stereocenters. The van der Waals surface area contributed by atoms with Crippen LogP contribution in [0.3, 0.4) is 0 Å². The third-order valence-electron chi connectivity index (χ3n) is 2.89. The number of nitrogens with zero attached hydrogens (tertiary/aromatic N) is 1. The van der Waals surface area contributed by atoms with E-state index in [1.165, 1.54) is 12.0 Å². The molecule has 0 spiro atoms. The maximum absolute atomic E-state index is 5.56. The van der Waals surface area contributed by atoms with Gasteiger partial charge in [0, 0.05) is 38.6 Å². The molecule has 1 aromatic heterocycles. The lowest BCUT2D eigenvalue weighted by Gasteiger charge is -2.07. The molecule has 0 bridgehead atoms. The van der Waals surface area contributed by atoms with E-state index >= 15 is 0 Å². The van der Waals surface area contributed by atoms with E-state index in [2.05, 4.69) is 49.1 Å². The van der Waals surface area contributed by atoms with Crippen molar-refractivity contribution in [2.75, 3.05) is 19.8 Å². The number of aromatic nitrogens is 1. The van der Waals surface area contributed by atoms with Gasteiger partial charge in [0.2, 0.25) is 0 Å². The van der Waals surface area contributed by atoms with Crippen molar-refractivity contribution >= 4 is 0 Å². The van der Waals surface area contributed by atoms with Crippen molar-refractivity contribution in [3.05, 3.63) is 24.0 Å². The molecule has 3 heteroatoms. The van der Waals surface area contributed by atoms with Crippen molar-refractivity contribution in [3.63, 3.8) is 0 Å². The number of aryl methyl sites for hydroxylation is 1. The molecule has 0 aliphatic heterocycles. The molecule has 104 valence electrons. The summed E-state index contributed by atoms with van der Waals surface area (Å²) in [7, 11) is 0. The van der Waals surface area contributed by atoms with Crippen LogP contribution >= 0.6 is 0 Å². The summed E-state index contributed by atoms with van der Waals surface area (Å²) in [6.45, 7) is 11.3. The van der Waals surface area contributed by atoms with Gasteiger partial charge in [-0.05, 0) is 30.4 Å². The van der Waals surface area contributed by atoms with E-state index in [-0.39, 0.29) is 0 Å². The van der Waals surface area contributed by atoms with Gasteiger partial charge in [-0.25, -0.2) is 0 Å². The summed E-state index contributed by atoms with van der Waals surface area (Å²) in [4.78, 5) is 0. The summed E-state index contributed by atoms with van der Waals surface area (Å²) < 4.78 is 7.80. The standard InChI is InChI=1S/C15H28N2O/c1-4-8-17-9-5-15(13-17)12-16-7-11-18-10-6-14(2)3/h5,9,13-14,16H,4,6-8,10-12H2,1-3H3. The Bertz CT molecular complexity index is 307. The molecule has 0 saturated carbocycles. The third kappa shape index (κ3) is 6.82. The lowest BCUT2D eigenvalue weighted by molar-refractivity contribution is 0.125. The fraction of sp³-hybridized carbons (Fsp3) is 0.733. The minimum atomic E-state index is 0.733. The molecule has 0 radical (unpaired) electrons. The Labute approximate surface area is 112 Å². The quantitative estimate of drug-likeness (QED) is 0.648. The first kappa shape index (κ1) is 15.3. The summed E-state index contributed by atoms with van der Waals surface area (Å²) in [6, 6.07) is 2.18. The van der Waals surface area contributed by atoms with Gasteiger partial charge in [0.1, 0.15) is 0 Å². The molecule has 1 rings (SSSR count). The summed E-state index contributed by atoms with van der Waals surface area (Å²) in [6.07, 6.45) is 6.71. The molecule has 1 aromatic rings. The van der Waals surface area contributed by atoms with Gasteiger partial charge in [0.25, 0.3) is 0 Å². The number of hydrogen-bond donors (Lipinski definition) is 1. The maximum atomic E-state index is 5.56. The van der Waals surface area contributed by atoms with Crippen molar-refractivity contribution < 1.29 is 4.74 Å². The fourth-order valence-corrected chi connectivity index (χ4v) is 1.79. The molecule has 0 aromatic carbocycles. The van der Waals surface area contributed by atoms with E-state index in [1.807, 2.05) is 0 Å². The zero-order valence-corrected chi connectivity index (χ0v) is 12.1. The first-order chi connectivity index (χ1) is 8.72. The maximum Gasteiger partial charge on any atom is 0.0591 e. The first-order valence-corrected chi connectivity index (χ1v) is 7.15. The monoisotopic (exact) mass is 252 g/mol. The molecule has 0 unspecified atom stereocenters. The van der Waals surface area contributed by atoms with Gasteiger partial charge < -0.3 is 14.6 Å². The van der Waals surface area contributed by atoms with Gasteiger partial charge in [-0.2, -0.15) is 0 Å². The summed E-state index contributed by atoms with van der Waals surface area (Å²) in [5.41, 5.74) is 1.35. The average Bonchev–Trinajstić information content (AvgIpc) is 2.76. The van der Waals surface area contributed by atoms with Gasteiger partial charge in [-0.1, -0.05) is 20.8 Å². The Morgan fingerprint density at radius 2 is 2.17 bits per heavy atom.